The molecule has 2 saturated heterocycles. The number of piperazine rings is 1. The minimum Gasteiger partial charge on any atom is -0.461 e. The molecule has 2 aliphatic rings. The molecule has 2 aliphatic heterocycles. The minimum absolute atomic E-state index is 0.703. The van der Waals surface area contributed by atoms with Gasteiger partial charge < -0.3 is 14.3 Å². The standard InChI is InChI=1S/C15H20N4O2/c1-2-14(20-7-1)15-8-12(17-21-15)9-18-10-13(11-18)19-5-3-16-4-6-19/h1-2,7-8,13,16H,3-6,9-11H2. The van der Waals surface area contributed by atoms with Crippen LogP contribution in [0.1, 0.15) is 5.69 Å². The fourth-order valence-corrected chi connectivity index (χ4v) is 3.10. The second-order valence-corrected chi connectivity index (χ2v) is 5.79. The van der Waals surface area contributed by atoms with Crippen molar-refractivity contribution in [2.45, 2.75) is 12.6 Å². The summed E-state index contributed by atoms with van der Waals surface area (Å²) in [6, 6.07) is 6.42. The largest absolute Gasteiger partial charge is 0.461 e. The molecule has 0 amide bonds. The molecule has 0 unspecified atom stereocenters. The maximum absolute atomic E-state index is 5.33. The quantitative estimate of drug-likeness (QED) is 0.906. The van der Waals surface area contributed by atoms with Gasteiger partial charge in [-0.1, -0.05) is 5.16 Å². The molecule has 0 bridgehead atoms. The molecule has 0 radical (unpaired) electrons. The molecule has 0 aliphatic carbocycles. The summed E-state index contributed by atoms with van der Waals surface area (Å²) in [7, 11) is 0. The first-order valence-corrected chi connectivity index (χ1v) is 7.55. The van der Waals surface area contributed by atoms with Gasteiger partial charge in [0, 0.05) is 57.9 Å². The zero-order valence-corrected chi connectivity index (χ0v) is 12.0. The summed E-state index contributed by atoms with van der Waals surface area (Å²) in [6.45, 7) is 7.69. The first-order chi connectivity index (χ1) is 10.4. The normalized spacial score (nSPS) is 21.5. The zero-order chi connectivity index (χ0) is 14.1. The maximum Gasteiger partial charge on any atom is 0.202 e. The Morgan fingerprint density at radius 1 is 1.24 bits per heavy atom. The van der Waals surface area contributed by atoms with Gasteiger partial charge in [-0.05, 0) is 12.1 Å². The van der Waals surface area contributed by atoms with Gasteiger partial charge in [0.2, 0.25) is 5.76 Å². The molecule has 0 aromatic carbocycles. The smallest absolute Gasteiger partial charge is 0.202 e. The molecule has 21 heavy (non-hydrogen) atoms. The van der Waals surface area contributed by atoms with E-state index in [1.165, 1.54) is 13.1 Å². The van der Waals surface area contributed by atoms with Gasteiger partial charge in [-0.3, -0.25) is 9.80 Å². The van der Waals surface area contributed by atoms with Crippen molar-refractivity contribution in [2.75, 3.05) is 39.3 Å². The summed E-state index contributed by atoms with van der Waals surface area (Å²) in [5, 5.41) is 7.53. The summed E-state index contributed by atoms with van der Waals surface area (Å²) < 4.78 is 10.6. The molecule has 0 saturated carbocycles. The van der Waals surface area contributed by atoms with Crippen molar-refractivity contribution in [3.63, 3.8) is 0 Å². The van der Waals surface area contributed by atoms with E-state index in [1.54, 1.807) is 6.26 Å². The Kier molecular flexibility index (Phi) is 3.50. The summed E-state index contributed by atoms with van der Waals surface area (Å²) >= 11 is 0. The van der Waals surface area contributed by atoms with Gasteiger partial charge in [0.25, 0.3) is 0 Å². The van der Waals surface area contributed by atoms with Crippen molar-refractivity contribution in [2.24, 2.45) is 0 Å². The lowest BCUT2D eigenvalue weighted by molar-refractivity contribution is 0.0211. The third-order valence-electron chi connectivity index (χ3n) is 4.31. The van der Waals surface area contributed by atoms with E-state index in [4.69, 9.17) is 8.94 Å². The van der Waals surface area contributed by atoms with Crippen LogP contribution in [0.2, 0.25) is 0 Å². The molecule has 0 spiro atoms. The third kappa shape index (κ3) is 2.74. The third-order valence-corrected chi connectivity index (χ3v) is 4.31. The molecule has 2 fully saturated rings. The van der Waals surface area contributed by atoms with Crippen LogP contribution in [-0.4, -0.2) is 60.3 Å². The summed E-state index contributed by atoms with van der Waals surface area (Å²) in [5.41, 5.74) is 0.972. The summed E-state index contributed by atoms with van der Waals surface area (Å²) in [6.07, 6.45) is 1.64. The predicted molar refractivity (Wildman–Crippen MR) is 77.7 cm³/mol. The lowest BCUT2D eigenvalue weighted by atomic mass is 10.1. The second kappa shape index (κ2) is 5.63. The van der Waals surface area contributed by atoms with E-state index in [-0.39, 0.29) is 0 Å². The number of hydrogen-bond donors (Lipinski definition) is 1. The van der Waals surface area contributed by atoms with Crippen molar-refractivity contribution in [3.05, 3.63) is 30.2 Å². The van der Waals surface area contributed by atoms with Crippen molar-refractivity contribution in [1.82, 2.24) is 20.3 Å². The van der Waals surface area contributed by atoms with Gasteiger partial charge in [0.05, 0.1) is 12.0 Å². The van der Waals surface area contributed by atoms with Gasteiger partial charge in [-0.15, -0.1) is 0 Å². The maximum atomic E-state index is 5.33. The molecular weight excluding hydrogens is 268 g/mol. The van der Waals surface area contributed by atoms with Crippen LogP contribution >= 0.6 is 0 Å². The Bertz CT molecular complexity index is 568. The van der Waals surface area contributed by atoms with Crippen LogP contribution in [0.3, 0.4) is 0 Å². The number of aromatic nitrogens is 1. The van der Waals surface area contributed by atoms with E-state index < -0.39 is 0 Å². The highest BCUT2D eigenvalue weighted by molar-refractivity contribution is 5.49. The first kappa shape index (κ1) is 13.1. The second-order valence-electron chi connectivity index (χ2n) is 5.79. The summed E-state index contributed by atoms with van der Waals surface area (Å²) in [4.78, 5) is 5.00. The first-order valence-electron chi connectivity index (χ1n) is 7.55. The number of nitrogens with zero attached hydrogens (tertiary/aromatic N) is 3. The van der Waals surface area contributed by atoms with E-state index in [0.29, 0.717) is 11.8 Å². The van der Waals surface area contributed by atoms with Gasteiger partial charge in [-0.25, -0.2) is 0 Å². The van der Waals surface area contributed by atoms with Crippen LogP contribution in [-0.2, 0) is 6.54 Å². The molecule has 112 valence electrons. The molecule has 6 nitrogen and oxygen atoms in total. The van der Waals surface area contributed by atoms with Crippen molar-refractivity contribution in [1.29, 1.82) is 0 Å². The monoisotopic (exact) mass is 288 g/mol. The van der Waals surface area contributed by atoms with E-state index in [2.05, 4.69) is 20.3 Å². The number of nitrogens with one attached hydrogen (secondary N) is 1. The van der Waals surface area contributed by atoms with Crippen molar-refractivity contribution in [3.8, 4) is 11.5 Å². The van der Waals surface area contributed by atoms with Crippen LogP contribution in [0.15, 0.2) is 33.4 Å². The summed E-state index contributed by atoms with van der Waals surface area (Å²) in [5.74, 6) is 1.44. The SMILES string of the molecule is c1coc(-c2cc(CN3CC(N4CCNCC4)C3)no2)c1. The average Bonchev–Trinajstić information content (AvgIpc) is 3.14. The number of furan rings is 1. The molecule has 0 atom stereocenters. The molecular formula is C15H20N4O2. The lowest BCUT2D eigenvalue weighted by Gasteiger charge is -2.46. The highest BCUT2D eigenvalue weighted by Gasteiger charge is 2.32. The number of hydrogen-bond acceptors (Lipinski definition) is 6. The molecule has 2 aromatic heterocycles. The highest BCUT2D eigenvalue weighted by atomic mass is 16.5. The fraction of sp³-hybridized carbons (Fsp3) is 0.533. The van der Waals surface area contributed by atoms with Crippen LogP contribution in [0.25, 0.3) is 11.5 Å². The Hall–Kier alpha value is -1.63. The Morgan fingerprint density at radius 2 is 2.10 bits per heavy atom. The van der Waals surface area contributed by atoms with Crippen LogP contribution in [0.4, 0.5) is 0 Å². The molecule has 2 aromatic rings. The van der Waals surface area contributed by atoms with Crippen molar-refractivity contribution >= 4 is 0 Å². The van der Waals surface area contributed by atoms with E-state index in [0.717, 1.165) is 44.2 Å². The number of rotatable bonds is 4. The van der Waals surface area contributed by atoms with Crippen molar-refractivity contribution < 1.29 is 8.94 Å². The fourth-order valence-electron chi connectivity index (χ4n) is 3.10. The highest BCUT2D eigenvalue weighted by Crippen LogP contribution is 2.23. The van der Waals surface area contributed by atoms with Gasteiger partial charge in [0.1, 0.15) is 0 Å². The van der Waals surface area contributed by atoms with Crippen LogP contribution in [0.5, 0.6) is 0 Å². The minimum atomic E-state index is 0.703. The number of likely N-dealkylation sites (tertiary alicyclic amines) is 1. The zero-order valence-electron chi connectivity index (χ0n) is 12.0. The molecule has 1 N–H and O–H groups in total. The average molecular weight is 288 g/mol. The van der Waals surface area contributed by atoms with Gasteiger partial charge >= 0.3 is 0 Å². The van der Waals surface area contributed by atoms with Gasteiger partial charge in [0.15, 0.2) is 5.76 Å². The Morgan fingerprint density at radius 3 is 2.86 bits per heavy atom. The molecule has 6 heteroatoms. The topological polar surface area (TPSA) is 57.7 Å². The van der Waals surface area contributed by atoms with Crippen LogP contribution in [0, 0.1) is 0 Å². The van der Waals surface area contributed by atoms with E-state index >= 15 is 0 Å². The lowest BCUT2D eigenvalue weighted by Crippen LogP contribution is -2.62. The Labute approximate surface area is 123 Å². The van der Waals surface area contributed by atoms with Crippen LogP contribution < -0.4 is 5.32 Å². The molecule has 4 rings (SSSR count). The predicted octanol–water partition coefficient (Wildman–Crippen LogP) is 1.02. The van der Waals surface area contributed by atoms with E-state index in [1.807, 2.05) is 18.2 Å². The molecule has 4 heterocycles. The van der Waals surface area contributed by atoms with E-state index in [9.17, 15) is 0 Å². The van der Waals surface area contributed by atoms with Gasteiger partial charge in [-0.2, -0.15) is 0 Å². The Balaban J connectivity index is 1.30.